The summed E-state index contributed by atoms with van der Waals surface area (Å²) in [7, 11) is 0. The van der Waals surface area contributed by atoms with Crippen molar-refractivity contribution in [3.63, 3.8) is 0 Å². The van der Waals surface area contributed by atoms with Crippen LogP contribution in [0.5, 0.6) is 5.75 Å². The van der Waals surface area contributed by atoms with Crippen molar-refractivity contribution < 1.29 is 9.53 Å². The van der Waals surface area contributed by atoms with E-state index in [1.54, 1.807) is 0 Å². The van der Waals surface area contributed by atoms with Crippen molar-refractivity contribution >= 4 is 17.2 Å². The number of carbonyl (C=O) groups is 1. The van der Waals surface area contributed by atoms with Gasteiger partial charge in [-0.2, -0.15) is 0 Å². The van der Waals surface area contributed by atoms with E-state index in [2.05, 4.69) is 59.2 Å². The van der Waals surface area contributed by atoms with Crippen molar-refractivity contribution in [1.29, 1.82) is 0 Å². The molecule has 0 amide bonds. The molecule has 4 aromatic rings. The lowest BCUT2D eigenvalue weighted by Gasteiger charge is -2.30. The maximum atomic E-state index is 13.7. The van der Waals surface area contributed by atoms with Crippen LogP contribution in [0, 0.1) is 0 Å². The van der Waals surface area contributed by atoms with Crippen LogP contribution in [0.2, 0.25) is 0 Å². The third-order valence-corrected chi connectivity index (χ3v) is 7.02. The van der Waals surface area contributed by atoms with E-state index in [0.29, 0.717) is 13.0 Å². The summed E-state index contributed by atoms with van der Waals surface area (Å²) in [5, 5.41) is 7.28. The minimum Gasteiger partial charge on any atom is -0.489 e. The van der Waals surface area contributed by atoms with Gasteiger partial charge in [0.05, 0.1) is 17.4 Å². The minimum absolute atomic E-state index is 0.163. The van der Waals surface area contributed by atoms with Crippen LogP contribution in [0.1, 0.15) is 41.5 Å². The Bertz CT molecular complexity index is 1410. The molecular formula is C32H28N2O2. The third-order valence-electron chi connectivity index (χ3n) is 7.02. The summed E-state index contributed by atoms with van der Waals surface area (Å²) in [6.45, 7) is 0.498. The Morgan fingerprint density at radius 3 is 2.22 bits per heavy atom. The minimum atomic E-state index is -0.263. The fraction of sp³-hybridized carbons (Fsp3) is 0.156. The molecule has 0 fully saturated rings. The Labute approximate surface area is 211 Å². The monoisotopic (exact) mass is 472 g/mol. The Balaban J connectivity index is 1.36. The highest BCUT2D eigenvalue weighted by Gasteiger charge is 2.36. The van der Waals surface area contributed by atoms with Gasteiger partial charge in [0.2, 0.25) is 0 Å². The SMILES string of the molecule is O=C1C[C@@H](c2ccccc2)CC2=C1[C@H](c1cccc(OCc3ccccc3)c1)Nc1ccccc1N2. The van der Waals surface area contributed by atoms with Crippen molar-refractivity contribution in [2.24, 2.45) is 0 Å². The number of ether oxygens (including phenoxy) is 1. The molecule has 4 aromatic carbocycles. The number of hydrogen-bond donors (Lipinski definition) is 2. The van der Waals surface area contributed by atoms with E-state index in [4.69, 9.17) is 4.74 Å². The second kappa shape index (κ2) is 9.74. The van der Waals surface area contributed by atoms with Gasteiger partial charge in [0.25, 0.3) is 0 Å². The van der Waals surface area contributed by atoms with Crippen LogP contribution in [0.25, 0.3) is 0 Å². The fourth-order valence-electron chi connectivity index (χ4n) is 5.23. The summed E-state index contributed by atoms with van der Waals surface area (Å²) in [6.07, 6.45) is 1.30. The summed E-state index contributed by atoms with van der Waals surface area (Å²) >= 11 is 0. The molecule has 2 aliphatic rings. The largest absolute Gasteiger partial charge is 0.489 e. The van der Waals surface area contributed by atoms with Gasteiger partial charge in [-0.3, -0.25) is 4.79 Å². The number of allylic oxidation sites excluding steroid dienone is 1. The van der Waals surface area contributed by atoms with Crippen LogP contribution in [0.15, 0.2) is 120 Å². The smallest absolute Gasteiger partial charge is 0.163 e. The zero-order valence-corrected chi connectivity index (χ0v) is 20.0. The predicted molar refractivity (Wildman–Crippen MR) is 144 cm³/mol. The third kappa shape index (κ3) is 4.50. The normalized spacial score (nSPS) is 18.8. The average Bonchev–Trinajstić information content (AvgIpc) is 3.10. The van der Waals surface area contributed by atoms with Gasteiger partial charge in [0.15, 0.2) is 5.78 Å². The second-order valence-electron chi connectivity index (χ2n) is 9.43. The predicted octanol–water partition coefficient (Wildman–Crippen LogP) is 7.25. The zero-order chi connectivity index (χ0) is 24.3. The highest BCUT2D eigenvalue weighted by molar-refractivity contribution is 6.01. The fourth-order valence-corrected chi connectivity index (χ4v) is 5.23. The standard InChI is InChI=1S/C32H28N2O2/c35-30-20-25(23-12-5-2-6-13-23)19-29-31(30)32(34-28-17-8-7-16-27(28)33-29)24-14-9-15-26(18-24)36-21-22-10-3-1-4-11-22/h1-18,25,32-34H,19-21H2/t25-,32-/m0/s1. The first-order valence-corrected chi connectivity index (χ1v) is 12.4. The summed E-state index contributed by atoms with van der Waals surface area (Å²) in [5.74, 6) is 1.13. The summed E-state index contributed by atoms with van der Waals surface area (Å²) in [4.78, 5) is 13.7. The first-order valence-electron chi connectivity index (χ1n) is 12.4. The molecule has 1 aliphatic heterocycles. The van der Waals surface area contributed by atoms with Crippen LogP contribution in [0.3, 0.4) is 0 Å². The maximum absolute atomic E-state index is 13.7. The highest BCUT2D eigenvalue weighted by Crippen LogP contribution is 2.44. The lowest BCUT2D eigenvalue weighted by molar-refractivity contribution is -0.116. The van der Waals surface area contributed by atoms with E-state index in [1.807, 2.05) is 60.7 Å². The molecule has 0 saturated heterocycles. The molecule has 0 bridgehead atoms. The Morgan fingerprint density at radius 1 is 0.722 bits per heavy atom. The molecular weight excluding hydrogens is 444 g/mol. The molecule has 0 spiro atoms. The molecule has 4 heteroatoms. The van der Waals surface area contributed by atoms with Crippen LogP contribution < -0.4 is 15.4 Å². The van der Waals surface area contributed by atoms with Gasteiger partial charge in [-0.1, -0.05) is 84.9 Å². The molecule has 0 saturated carbocycles. The van der Waals surface area contributed by atoms with E-state index < -0.39 is 0 Å². The molecule has 1 heterocycles. The molecule has 0 radical (unpaired) electrons. The van der Waals surface area contributed by atoms with Crippen molar-refractivity contribution in [3.05, 3.63) is 137 Å². The van der Waals surface area contributed by atoms with Crippen molar-refractivity contribution in [3.8, 4) is 5.75 Å². The van der Waals surface area contributed by atoms with Gasteiger partial charge in [-0.25, -0.2) is 0 Å². The number of carbonyl (C=O) groups excluding carboxylic acids is 1. The number of rotatable bonds is 5. The van der Waals surface area contributed by atoms with Crippen molar-refractivity contribution in [2.75, 3.05) is 10.6 Å². The molecule has 1 aliphatic carbocycles. The number of Topliss-reactive ketones (excluding diaryl/α,β-unsaturated/α-hetero) is 1. The molecule has 36 heavy (non-hydrogen) atoms. The number of fused-ring (bicyclic) bond motifs is 1. The van der Waals surface area contributed by atoms with Crippen LogP contribution >= 0.6 is 0 Å². The Morgan fingerprint density at radius 2 is 1.42 bits per heavy atom. The molecule has 0 aromatic heterocycles. The quantitative estimate of drug-likeness (QED) is 0.321. The van der Waals surface area contributed by atoms with Gasteiger partial charge < -0.3 is 15.4 Å². The number of ketones is 1. The van der Waals surface area contributed by atoms with Crippen molar-refractivity contribution in [1.82, 2.24) is 0 Å². The van der Waals surface area contributed by atoms with E-state index in [0.717, 1.165) is 45.9 Å². The van der Waals surface area contributed by atoms with Crippen LogP contribution in [0.4, 0.5) is 11.4 Å². The van der Waals surface area contributed by atoms with Gasteiger partial charge in [-0.05, 0) is 53.3 Å². The molecule has 4 nitrogen and oxygen atoms in total. The van der Waals surface area contributed by atoms with Gasteiger partial charge in [0.1, 0.15) is 12.4 Å². The van der Waals surface area contributed by atoms with E-state index >= 15 is 0 Å². The number of hydrogen-bond acceptors (Lipinski definition) is 4. The zero-order valence-electron chi connectivity index (χ0n) is 20.0. The molecule has 178 valence electrons. The summed E-state index contributed by atoms with van der Waals surface area (Å²) in [5.41, 5.74) is 7.13. The van der Waals surface area contributed by atoms with Gasteiger partial charge >= 0.3 is 0 Å². The molecule has 0 unspecified atom stereocenters. The van der Waals surface area contributed by atoms with Crippen LogP contribution in [-0.2, 0) is 11.4 Å². The van der Waals surface area contributed by atoms with Gasteiger partial charge in [0, 0.05) is 17.7 Å². The number of benzene rings is 4. The second-order valence-corrected chi connectivity index (χ2v) is 9.43. The van der Waals surface area contributed by atoms with E-state index in [1.165, 1.54) is 5.56 Å². The molecule has 6 rings (SSSR count). The highest BCUT2D eigenvalue weighted by atomic mass is 16.5. The first-order chi connectivity index (χ1) is 17.7. The average molecular weight is 473 g/mol. The van der Waals surface area contributed by atoms with Crippen molar-refractivity contribution in [2.45, 2.75) is 31.4 Å². The number of anilines is 2. The molecule has 2 N–H and O–H groups in total. The maximum Gasteiger partial charge on any atom is 0.163 e. The number of nitrogens with one attached hydrogen (secondary N) is 2. The summed E-state index contributed by atoms with van der Waals surface area (Å²) < 4.78 is 6.12. The van der Waals surface area contributed by atoms with E-state index in [9.17, 15) is 4.79 Å². The lowest BCUT2D eigenvalue weighted by Crippen LogP contribution is -2.26. The Hall–Kier alpha value is -4.31. The lowest BCUT2D eigenvalue weighted by atomic mass is 9.78. The topological polar surface area (TPSA) is 50.4 Å². The number of para-hydroxylation sites is 2. The Kier molecular flexibility index (Phi) is 6.00. The first kappa shape index (κ1) is 22.2. The van der Waals surface area contributed by atoms with Gasteiger partial charge in [-0.15, -0.1) is 0 Å². The molecule has 2 atom stereocenters. The van der Waals surface area contributed by atoms with E-state index in [-0.39, 0.29) is 17.7 Å². The van der Waals surface area contributed by atoms with Crippen LogP contribution in [-0.4, -0.2) is 5.78 Å². The summed E-state index contributed by atoms with van der Waals surface area (Å²) in [6, 6.07) is 36.5.